The molecule has 1 N–H and O–H groups in total. The summed E-state index contributed by atoms with van der Waals surface area (Å²) in [6.07, 6.45) is 4.86. The summed E-state index contributed by atoms with van der Waals surface area (Å²) in [7, 11) is 0. The van der Waals surface area contributed by atoms with Crippen molar-refractivity contribution in [1.29, 1.82) is 0 Å². The summed E-state index contributed by atoms with van der Waals surface area (Å²) in [6, 6.07) is 10.8. The number of carbonyl (C=O) groups is 1. The maximum atomic E-state index is 13.5. The first kappa shape index (κ1) is 20.3. The van der Waals surface area contributed by atoms with Gasteiger partial charge >= 0.3 is 5.69 Å². The molecule has 0 bridgehead atoms. The number of hydrogen-bond donors (Lipinski definition) is 1. The molecule has 1 fully saturated rings. The number of carbonyl (C=O) groups excluding carboxylic acids is 1. The van der Waals surface area contributed by atoms with Gasteiger partial charge in [-0.25, -0.2) is 0 Å². The third-order valence-corrected chi connectivity index (χ3v) is 5.13. The Bertz CT molecular complexity index is 1090. The van der Waals surface area contributed by atoms with Crippen molar-refractivity contribution in [2.75, 3.05) is 23.3 Å². The lowest BCUT2D eigenvalue weighted by Crippen LogP contribution is -2.41. The van der Waals surface area contributed by atoms with Gasteiger partial charge in [0.25, 0.3) is 0 Å². The highest BCUT2D eigenvalue weighted by atomic mass is 19.1. The second-order valence-electron chi connectivity index (χ2n) is 7.22. The molecule has 1 atom stereocenters. The number of rotatable bonds is 5. The SMILES string of the molecule is O=C(Nc1ccc(F)c([N+](=O)[O-])c1)C1CCCN(c2ccc(-c3cccnc3)nn2)C1. The van der Waals surface area contributed by atoms with Gasteiger partial charge in [0.15, 0.2) is 5.82 Å². The molecule has 158 valence electrons. The predicted octanol–water partition coefficient (Wildman–Crippen LogP) is 3.44. The number of aromatic nitrogens is 3. The Morgan fingerprint density at radius 3 is 2.81 bits per heavy atom. The monoisotopic (exact) mass is 422 g/mol. The molecule has 1 unspecified atom stereocenters. The molecule has 4 rings (SSSR count). The summed E-state index contributed by atoms with van der Waals surface area (Å²) in [5.41, 5.74) is 1.09. The van der Waals surface area contributed by atoms with E-state index in [9.17, 15) is 19.3 Å². The zero-order chi connectivity index (χ0) is 21.8. The molecule has 2 aromatic heterocycles. The molecule has 3 aromatic rings. The number of nitro groups is 1. The van der Waals surface area contributed by atoms with Gasteiger partial charge in [-0.3, -0.25) is 19.9 Å². The molecule has 0 radical (unpaired) electrons. The van der Waals surface area contributed by atoms with Crippen LogP contribution in [-0.2, 0) is 4.79 Å². The van der Waals surface area contributed by atoms with Gasteiger partial charge in [0, 0.05) is 42.8 Å². The molecule has 3 heterocycles. The zero-order valence-electron chi connectivity index (χ0n) is 16.4. The first-order chi connectivity index (χ1) is 15.0. The number of nitro benzene ring substituents is 1. The topological polar surface area (TPSA) is 114 Å². The molecule has 0 saturated carbocycles. The Hall–Kier alpha value is -3.95. The Morgan fingerprint density at radius 2 is 2.10 bits per heavy atom. The Labute approximate surface area is 177 Å². The van der Waals surface area contributed by atoms with E-state index in [-0.39, 0.29) is 17.5 Å². The number of halogens is 1. The molecular weight excluding hydrogens is 403 g/mol. The van der Waals surface area contributed by atoms with Crippen LogP contribution < -0.4 is 10.2 Å². The summed E-state index contributed by atoms with van der Waals surface area (Å²) >= 11 is 0. The van der Waals surface area contributed by atoms with Crippen molar-refractivity contribution in [3.05, 3.63) is 70.8 Å². The number of benzene rings is 1. The molecule has 9 nitrogen and oxygen atoms in total. The van der Waals surface area contributed by atoms with E-state index in [1.165, 1.54) is 6.07 Å². The lowest BCUT2D eigenvalue weighted by molar-refractivity contribution is -0.387. The fourth-order valence-electron chi connectivity index (χ4n) is 3.54. The second-order valence-corrected chi connectivity index (χ2v) is 7.22. The summed E-state index contributed by atoms with van der Waals surface area (Å²) in [4.78, 5) is 28.9. The van der Waals surface area contributed by atoms with E-state index in [1.54, 1.807) is 12.4 Å². The van der Waals surface area contributed by atoms with Crippen molar-refractivity contribution in [1.82, 2.24) is 15.2 Å². The number of pyridine rings is 1. The molecule has 31 heavy (non-hydrogen) atoms. The third kappa shape index (κ3) is 4.63. The minimum atomic E-state index is -0.944. The number of nitrogens with one attached hydrogen (secondary N) is 1. The maximum absolute atomic E-state index is 13.5. The third-order valence-electron chi connectivity index (χ3n) is 5.13. The first-order valence-corrected chi connectivity index (χ1v) is 9.75. The summed E-state index contributed by atoms with van der Waals surface area (Å²) < 4.78 is 13.5. The standard InChI is InChI=1S/C21H19FN6O3/c22-17-6-5-16(11-19(17)28(30)31)24-21(29)15-4-2-10-27(13-15)20-8-7-18(25-26-20)14-3-1-9-23-12-14/h1,3,5-9,11-12,15H,2,4,10,13H2,(H,24,29). The number of anilines is 2. The molecule has 1 aliphatic heterocycles. The maximum Gasteiger partial charge on any atom is 0.306 e. The Balaban J connectivity index is 1.43. The van der Waals surface area contributed by atoms with E-state index in [0.29, 0.717) is 24.5 Å². The van der Waals surface area contributed by atoms with Crippen LogP contribution in [0.5, 0.6) is 0 Å². The summed E-state index contributed by atoms with van der Waals surface area (Å²) in [5, 5.41) is 22.1. The van der Waals surface area contributed by atoms with E-state index in [0.717, 1.165) is 30.7 Å². The van der Waals surface area contributed by atoms with Crippen LogP contribution in [0.3, 0.4) is 0 Å². The lowest BCUT2D eigenvalue weighted by Gasteiger charge is -2.32. The van der Waals surface area contributed by atoms with Gasteiger partial charge in [0.1, 0.15) is 0 Å². The molecule has 1 aliphatic rings. The first-order valence-electron chi connectivity index (χ1n) is 9.75. The Morgan fingerprint density at radius 1 is 1.23 bits per heavy atom. The zero-order valence-corrected chi connectivity index (χ0v) is 16.4. The van der Waals surface area contributed by atoms with E-state index in [4.69, 9.17) is 0 Å². The molecule has 0 aliphatic carbocycles. The fraction of sp³-hybridized carbons (Fsp3) is 0.238. The highest BCUT2D eigenvalue weighted by Gasteiger charge is 2.27. The fourth-order valence-corrected chi connectivity index (χ4v) is 3.54. The van der Waals surface area contributed by atoms with Crippen LogP contribution >= 0.6 is 0 Å². The van der Waals surface area contributed by atoms with Gasteiger partial charge in [-0.05, 0) is 49.2 Å². The average Bonchev–Trinajstić information content (AvgIpc) is 2.81. The number of hydrogen-bond acceptors (Lipinski definition) is 7. The predicted molar refractivity (Wildman–Crippen MR) is 112 cm³/mol. The normalized spacial score (nSPS) is 16.0. The molecule has 1 aromatic carbocycles. The minimum Gasteiger partial charge on any atom is -0.354 e. The van der Waals surface area contributed by atoms with Gasteiger partial charge in [0.2, 0.25) is 11.7 Å². The molecule has 10 heteroatoms. The van der Waals surface area contributed by atoms with E-state index in [2.05, 4.69) is 20.5 Å². The smallest absolute Gasteiger partial charge is 0.306 e. The Kier molecular flexibility index (Phi) is 5.78. The van der Waals surface area contributed by atoms with Crippen molar-refractivity contribution >= 4 is 23.1 Å². The molecule has 1 amide bonds. The van der Waals surface area contributed by atoms with Gasteiger partial charge in [-0.2, -0.15) is 4.39 Å². The quantitative estimate of drug-likeness (QED) is 0.495. The van der Waals surface area contributed by atoms with Crippen molar-refractivity contribution in [3.8, 4) is 11.3 Å². The van der Waals surface area contributed by atoms with Gasteiger partial charge in [-0.15, -0.1) is 10.2 Å². The number of piperidine rings is 1. The largest absolute Gasteiger partial charge is 0.354 e. The number of amides is 1. The van der Waals surface area contributed by atoms with Crippen molar-refractivity contribution in [2.24, 2.45) is 5.92 Å². The summed E-state index contributed by atoms with van der Waals surface area (Å²) in [6.45, 7) is 1.18. The summed E-state index contributed by atoms with van der Waals surface area (Å²) in [5.74, 6) is -0.883. The highest BCUT2D eigenvalue weighted by Crippen LogP contribution is 2.26. The second kappa shape index (κ2) is 8.82. The van der Waals surface area contributed by atoms with Crippen LogP contribution in [-0.4, -0.2) is 39.1 Å². The lowest BCUT2D eigenvalue weighted by atomic mass is 9.97. The van der Waals surface area contributed by atoms with Crippen molar-refractivity contribution in [3.63, 3.8) is 0 Å². The van der Waals surface area contributed by atoms with E-state index < -0.39 is 16.4 Å². The average molecular weight is 422 g/mol. The van der Waals surface area contributed by atoms with Crippen LogP contribution in [0, 0.1) is 21.8 Å². The molecular formula is C21H19FN6O3. The van der Waals surface area contributed by atoms with E-state index in [1.807, 2.05) is 29.2 Å². The van der Waals surface area contributed by atoms with Crippen molar-refractivity contribution < 1.29 is 14.1 Å². The van der Waals surface area contributed by atoms with Crippen LogP contribution in [0.25, 0.3) is 11.3 Å². The van der Waals surface area contributed by atoms with Crippen LogP contribution in [0.1, 0.15) is 12.8 Å². The minimum absolute atomic E-state index is 0.191. The molecule has 1 saturated heterocycles. The highest BCUT2D eigenvalue weighted by molar-refractivity contribution is 5.93. The van der Waals surface area contributed by atoms with Gasteiger partial charge in [0.05, 0.1) is 16.5 Å². The van der Waals surface area contributed by atoms with Gasteiger partial charge in [-0.1, -0.05) is 0 Å². The van der Waals surface area contributed by atoms with Gasteiger partial charge < -0.3 is 10.2 Å². The number of nitrogens with zero attached hydrogens (tertiary/aromatic N) is 5. The van der Waals surface area contributed by atoms with Crippen molar-refractivity contribution in [2.45, 2.75) is 12.8 Å². The molecule has 0 spiro atoms. The van der Waals surface area contributed by atoms with E-state index >= 15 is 0 Å². The van der Waals surface area contributed by atoms with Crippen LogP contribution in [0.2, 0.25) is 0 Å². The van der Waals surface area contributed by atoms with Crippen LogP contribution in [0.4, 0.5) is 21.6 Å². The van der Waals surface area contributed by atoms with Crippen LogP contribution in [0.15, 0.2) is 54.9 Å².